The Labute approximate surface area is 119 Å². The molecule has 1 aromatic heterocycles. The van der Waals surface area contributed by atoms with Crippen LogP contribution in [0.4, 0.5) is 5.95 Å². The second-order valence-corrected chi connectivity index (χ2v) is 4.64. The Morgan fingerprint density at radius 3 is 2.75 bits per heavy atom. The number of anilines is 1. The molecule has 0 atom stereocenters. The Bertz CT molecular complexity index is 445. The van der Waals surface area contributed by atoms with E-state index < -0.39 is 0 Å². The van der Waals surface area contributed by atoms with E-state index in [-0.39, 0.29) is 11.9 Å². The molecule has 0 aromatic carbocycles. The molecule has 0 bridgehead atoms. The first-order valence-electron chi connectivity index (χ1n) is 7.12. The second-order valence-electron chi connectivity index (χ2n) is 4.64. The molecule has 2 heterocycles. The van der Waals surface area contributed by atoms with Gasteiger partial charge in [0.1, 0.15) is 0 Å². The summed E-state index contributed by atoms with van der Waals surface area (Å²) in [7, 11) is 0. The van der Waals surface area contributed by atoms with Gasteiger partial charge in [0.15, 0.2) is 0 Å². The zero-order valence-corrected chi connectivity index (χ0v) is 12.0. The first kappa shape index (κ1) is 14.6. The van der Waals surface area contributed by atoms with Crippen LogP contribution >= 0.6 is 0 Å². The Balaban J connectivity index is 1.93. The summed E-state index contributed by atoms with van der Waals surface area (Å²) < 4.78 is 10.4. The van der Waals surface area contributed by atoms with Gasteiger partial charge in [-0.1, -0.05) is 0 Å². The predicted octanol–water partition coefficient (Wildman–Crippen LogP) is 1.65. The van der Waals surface area contributed by atoms with Crippen molar-refractivity contribution in [3.8, 4) is 5.88 Å². The second kappa shape index (κ2) is 7.07. The Morgan fingerprint density at radius 1 is 1.35 bits per heavy atom. The molecule has 1 aromatic rings. The lowest BCUT2D eigenvalue weighted by atomic mass is 9.97. The fourth-order valence-electron chi connectivity index (χ4n) is 2.29. The zero-order chi connectivity index (χ0) is 14.4. The molecule has 1 saturated heterocycles. The summed E-state index contributed by atoms with van der Waals surface area (Å²) in [5, 5.41) is 0. The van der Waals surface area contributed by atoms with E-state index in [0.717, 1.165) is 25.9 Å². The van der Waals surface area contributed by atoms with Crippen molar-refractivity contribution >= 4 is 11.9 Å². The highest BCUT2D eigenvalue weighted by atomic mass is 16.5. The molecule has 1 aliphatic rings. The Morgan fingerprint density at radius 2 is 2.10 bits per heavy atom. The molecule has 0 amide bonds. The third kappa shape index (κ3) is 3.59. The van der Waals surface area contributed by atoms with Gasteiger partial charge >= 0.3 is 5.97 Å². The van der Waals surface area contributed by atoms with Crippen LogP contribution in [0.3, 0.4) is 0 Å². The number of ether oxygens (including phenoxy) is 2. The van der Waals surface area contributed by atoms with Gasteiger partial charge < -0.3 is 14.4 Å². The van der Waals surface area contributed by atoms with E-state index in [2.05, 4.69) is 14.9 Å². The monoisotopic (exact) mass is 279 g/mol. The van der Waals surface area contributed by atoms with Crippen LogP contribution in [-0.2, 0) is 9.53 Å². The van der Waals surface area contributed by atoms with E-state index in [1.165, 1.54) is 0 Å². The van der Waals surface area contributed by atoms with E-state index >= 15 is 0 Å². The van der Waals surface area contributed by atoms with Crippen molar-refractivity contribution in [1.82, 2.24) is 9.97 Å². The highest BCUT2D eigenvalue weighted by molar-refractivity contribution is 5.72. The summed E-state index contributed by atoms with van der Waals surface area (Å²) in [6.45, 7) is 6.31. The molecule has 20 heavy (non-hydrogen) atoms. The van der Waals surface area contributed by atoms with Crippen molar-refractivity contribution in [1.29, 1.82) is 0 Å². The quantitative estimate of drug-likeness (QED) is 0.764. The van der Waals surface area contributed by atoms with E-state index in [1.807, 2.05) is 13.8 Å². The number of nitrogens with zero attached hydrogens (tertiary/aromatic N) is 3. The Kier molecular flexibility index (Phi) is 5.15. The summed E-state index contributed by atoms with van der Waals surface area (Å²) in [4.78, 5) is 22.4. The maximum absolute atomic E-state index is 11.7. The average molecular weight is 279 g/mol. The van der Waals surface area contributed by atoms with Crippen LogP contribution in [0, 0.1) is 5.92 Å². The molecule has 2 rings (SSSR count). The maximum Gasteiger partial charge on any atom is 0.309 e. The summed E-state index contributed by atoms with van der Waals surface area (Å²) in [5.41, 5.74) is 0. The van der Waals surface area contributed by atoms with E-state index in [0.29, 0.717) is 25.0 Å². The molecule has 1 aliphatic heterocycles. The van der Waals surface area contributed by atoms with Crippen molar-refractivity contribution in [3.05, 3.63) is 12.3 Å². The van der Waals surface area contributed by atoms with E-state index in [1.54, 1.807) is 12.3 Å². The zero-order valence-electron chi connectivity index (χ0n) is 12.0. The summed E-state index contributed by atoms with van der Waals surface area (Å²) in [6.07, 6.45) is 3.26. The van der Waals surface area contributed by atoms with Crippen molar-refractivity contribution < 1.29 is 14.3 Å². The van der Waals surface area contributed by atoms with Crippen molar-refractivity contribution in [2.24, 2.45) is 5.92 Å². The van der Waals surface area contributed by atoms with E-state index in [9.17, 15) is 4.79 Å². The van der Waals surface area contributed by atoms with Gasteiger partial charge in [0.05, 0.1) is 19.1 Å². The van der Waals surface area contributed by atoms with Gasteiger partial charge in [-0.05, 0) is 26.7 Å². The SMILES string of the molecule is CCOC(=O)C1CCN(c2nccc(OCC)n2)CC1. The number of carbonyl (C=O) groups excluding carboxylic acids is 1. The van der Waals surface area contributed by atoms with Gasteiger partial charge in [-0.3, -0.25) is 4.79 Å². The van der Waals surface area contributed by atoms with Gasteiger partial charge in [0.25, 0.3) is 0 Å². The lowest BCUT2D eigenvalue weighted by Gasteiger charge is -2.30. The van der Waals surface area contributed by atoms with Crippen LogP contribution in [0.15, 0.2) is 12.3 Å². The molecular weight excluding hydrogens is 258 g/mol. The summed E-state index contributed by atoms with van der Waals surface area (Å²) in [5.74, 6) is 1.17. The molecule has 0 aliphatic carbocycles. The van der Waals surface area contributed by atoms with Crippen LogP contribution in [-0.4, -0.2) is 42.2 Å². The topological polar surface area (TPSA) is 64.5 Å². The predicted molar refractivity (Wildman–Crippen MR) is 74.8 cm³/mol. The van der Waals surface area contributed by atoms with Gasteiger partial charge in [0.2, 0.25) is 11.8 Å². The lowest BCUT2D eigenvalue weighted by Crippen LogP contribution is -2.37. The van der Waals surface area contributed by atoms with Gasteiger partial charge in [0, 0.05) is 25.4 Å². The minimum absolute atomic E-state index is 0.00118. The van der Waals surface area contributed by atoms with Crippen LogP contribution in [0.25, 0.3) is 0 Å². The number of esters is 1. The summed E-state index contributed by atoms with van der Waals surface area (Å²) in [6, 6.07) is 1.75. The number of aromatic nitrogens is 2. The van der Waals surface area contributed by atoms with Crippen LogP contribution < -0.4 is 9.64 Å². The summed E-state index contributed by atoms with van der Waals surface area (Å²) >= 11 is 0. The highest BCUT2D eigenvalue weighted by Gasteiger charge is 2.27. The average Bonchev–Trinajstić information content (AvgIpc) is 2.48. The molecule has 0 saturated carbocycles. The van der Waals surface area contributed by atoms with E-state index in [4.69, 9.17) is 9.47 Å². The standard InChI is InChI=1S/C14H21N3O3/c1-3-19-12-5-8-15-14(16-12)17-9-6-11(7-10-17)13(18)20-4-2/h5,8,11H,3-4,6-7,9-10H2,1-2H3. The smallest absolute Gasteiger partial charge is 0.309 e. The normalized spacial score (nSPS) is 16.0. The van der Waals surface area contributed by atoms with Crippen molar-refractivity contribution in [2.75, 3.05) is 31.2 Å². The Hall–Kier alpha value is -1.85. The van der Waals surface area contributed by atoms with Gasteiger partial charge in [-0.15, -0.1) is 0 Å². The molecule has 110 valence electrons. The van der Waals surface area contributed by atoms with Crippen LogP contribution in [0.5, 0.6) is 5.88 Å². The molecule has 0 radical (unpaired) electrons. The van der Waals surface area contributed by atoms with Crippen molar-refractivity contribution in [3.63, 3.8) is 0 Å². The molecule has 0 spiro atoms. The molecule has 0 N–H and O–H groups in total. The molecule has 6 nitrogen and oxygen atoms in total. The number of rotatable bonds is 5. The fourth-order valence-corrected chi connectivity index (χ4v) is 2.29. The minimum Gasteiger partial charge on any atom is -0.478 e. The maximum atomic E-state index is 11.7. The van der Waals surface area contributed by atoms with Gasteiger partial charge in [-0.2, -0.15) is 4.98 Å². The molecule has 1 fully saturated rings. The number of hydrogen-bond acceptors (Lipinski definition) is 6. The minimum atomic E-state index is -0.0869. The fraction of sp³-hybridized carbons (Fsp3) is 0.643. The molecular formula is C14H21N3O3. The van der Waals surface area contributed by atoms with Gasteiger partial charge in [-0.25, -0.2) is 4.98 Å². The number of piperidine rings is 1. The third-order valence-electron chi connectivity index (χ3n) is 3.31. The largest absolute Gasteiger partial charge is 0.478 e. The van der Waals surface area contributed by atoms with Crippen LogP contribution in [0.1, 0.15) is 26.7 Å². The molecule has 0 unspecified atom stereocenters. The first-order valence-corrected chi connectivity index (χ1v) is 7.12. The van der Waals surface area contributed by atoms with Crippen molar-refractivity contribution in [2.45, 2.75) is 26.7 Å². The first-order chi connectivity index (χ1) is 9.74. The number of carbonyl (C=O) groups is 1. The highest BCUT2D eigenvalue weighted by Crippen LogP contribution is 2.22. The van der Waals surface area contributed by atoms with Crippen LogP contribution in [0.2, 0.25) is 0 Å². The molecule has 6 heteroatoms. The third-order valence-corrected chi connectivity index (χ3v) is 3.31. The number of hydrogen-bond donors (Lipinski definition) is 0. The lowest BCUT2D eigenvalue weighted by molar-refractivity contribution is -0.148.